The van der Waals surface area contributed by atoms with E-state index in [-0.39, 0.29) is 12.5 Å². The summed E-state index contributed by atoms with van der Waals surface area (Å²) in [4.78, 5) is 0. The lowest BCUT2D eigenvalue weighted by Crippen LogP contribution is -2.24. The Morgan fingerprint density at radius 3 is 2.76 bits per heavy atom. The maximum absolute atomic E-state index is 12.1. The third-order valence-corrected chi connectivity index (χ3v) is 3.64. The van der Waals surface area contributed by atoms with Crippen LogP contribution in [-0.2, 0) is 0 Å². The van der Waals surface area contributed by atoms with Gasteiger partial charge in [-0.1, -0.05) is 6.92 Å². The van der Waals surface area contributed by atoms with Crippen LogP contribution in [0.5, 0.6) is 0 Å². The van der Waals surface area contributed by atoms with Crippen molar-refractivity contribution in [1.29, 1.82) is 0 Å². The summed E-state index contributed by atoms with van der Waals surface area (Å²) in [6.45, 7) is 4.40. The van der Waals surface area contributed by atoms with E-state index in [4.69, 9.17) is 0 Å². The number of alkyl halides is 3. The van der Waals surface area contributed by atoms with Crippen LogP contribution in [0.15, 0.2) is 18.3 Å². The van der Waals surface area contributed by atoms with E-state index in [0.29, 0.717) is 6.54 Å². The van der Waals surface area contributed by atoms with Crippen molar-refractivity contribution in [2.75, 3.05) is 6.54 Å². The highest BCUT2D eigenvalue weighted by molar-refractivity contribution is 5.79. The molecule has 2 rings (SSSR count). The standard InChI is InChI=1S/C15H20F3N3/c1-3-13(19-6-4-5-15(16,17)18)12-8-11-9-20-21-14(11)7-10(12)2/h7-9,13,19H,3-6H2,1-2H3,(H,20,21). The smallest absolute Gasteiger partial charge is 0.310 e. The molecule has 2 N–H and O–H groups in total. The highest BCUT2D eigenvalue weighted by atomic mass is 19.4. The monoisotopic (exact) mass is 299 g/mol. The first-order chi connectivity index (χ1) is 9.90. The molecule has 0 amide bonds. The lowest BCUT2D eigenvalue weighted by atomic mass is 9.97. The molecule has 0 bridgehead atoms. The topological polar surface area (TPSA) is 40.7 Å². The van der Waals surface area contributed by atoms with Crippen molar-refractivity contribution in [3.63, 3.8) is 0 Å². The number of nitrogens with zero attached hydrogens (tertiary/aromatic N) is 1. The van der Waals surface area contributed by atoms with E-state index in [9.17, 15) is 13.2 Å². The van der Waals surface area contributed by atoms with Crippen LogP contribution in [0.3, 0.4) is 0 Å². The maximum atomic E-state index is 12.1. The number of rotatable bonds is 6. The molecule has 2 aromatic rings. The molecule has 0 radical (unpaired) electrons. The third-order valence-electron chi connectivity index (χ3n) is 3.64. The van der Waals surface area contributed by atoms with Crippen LogP contribution in [0.1, 0.15) is 43.4 Å². The van der Waals surface area contributed by atoms with E-state index in [1.807, 2.05) is 19.9 Å². The van der Waals surface area contributed by atoms with Gasteiger partial charge in [0.25, 0.3) is 0 Å². The van der Waals surface area contributed by atoms with E-state index >= 15 is 0 Å². The molecule has 0 saturated heterocycles. The number of nitrogens with one attached hydrogen (secondary N) is 2. The van der Waals surface area contributed by atoms with E-state index in [2.05, 4.69) is 21.6 Å². The van der Waals surface area contributed by atoms with E-state index in [1.165, 1.54) is 0 Å². The number of H-pyrrole nitrogens is 1. The molecular formula is C15H20F3N3. The summed E-state index contributed by atoms with van der Waals surface area (Å²) >= 11 is 0. The molecule has 0 aliphatic rings. The van der Waals surface area contributed by atoms with Crippen LogP contribution in [0.25, 0.3) is 10.9 Å². The molecule has 0 fully saturated rings. The van der Waals surface area contributed by atoms with Gasteiger partial charge in [0.2, 0.25) is 0 Å². The Labute approximate surface area is 121 Å². The maximum Gasteiger partial charge on any atom is 0.389 e. The van der Waals surface area contributed by atoms with E-state index < -0.39 is 12.6 Å². The number of aromatic amines is 1. The molecule has 0 aliphatic heterocycles. The molecular weight excluding hydrogens is 279 g/mol. The summed E-state index contributed by atoms with van der Waals surface area (Å²) in [6, 6.07) is 4.15. The van der Waals surface area contributed by atoms with Crippen molar-refractivity contribution in [2.45, 2.75) is 45.3 Å². The number of aromatic nitrogens is 2. The number of benzene rings is 1. The average Bonchev–Trinajstić information content (AvgIpc) is 2.84. The summed E-state index contributed by atoms with van der Waals surface area (Å²) in [5.41, 5.74) is 3.21. The molecule has 1 unspecified atom stereocenters. The zero-order valence-corrected chi connectivity index (χ0v) is 12.2. The van der Waals surface area contributed by atoms with Crippen LogP contribution >= 0.6 is 0 Å². The predicted octanol–water partition coefficient (Wildman–Crippen LogP) is 4.25. The van der Waals surface area contributed by atoms with Gasteiger partial charge in [-0.15, -0.1) is 0 Å². The van der Waals surface area contributed by atoms with Crippen molar-refractivity contribution in [3.05, 3.63) is 29.5 Å². The van der Waals surface area contributed by atoms with Gasteiger partial charge in [0.1, 0.15) is 0 Å². The Morgan fingerprint density at radius 2 is 2.10 bits per heavy atom. The first-order valence-corrected chi connectivity index (χ1v) is 7.14. The highest BCUT2D eigenvalue weighted by Crippen LogP contribution is 2.26. The fourth-order valence-electron chi connectivity index (χ4n) is 2.53. The highest BCUT2D eigenvalue weighted by Gasteiger charge is 2.26. The van der Waals surface area contributed by atoms with Crippen molar-refractivity contribution < 1.29 is 13.2 Å². The minimum atomic E-state index is -4.07. The second-order valence-corrected chi connectivity index (χ2v) is 5.30. The van der Waals surface area contributed by atoms with Gasteiger partial charge in [-0.25, -0.2) is 0 Å². The van der Waals surface area contributed by atoms with Gasteiger partial charge in [0.15, 0.2) is 0 Å². The molecule has 1 heterocycles. The number of fused-ring (bicyclic) bond motifs is 1. The Bertz CT molecular complexity index is 589. The summed E-state index contributed by atoms with van der Waals surface area (Å²) < 4.78 is 36.4. The van der Waals surface area contributed by atoms with Crippen molar-refractivity contribution in [3.8, 4) is 0 Å². The Kier molecular flexibility index (Phi) is 4.88. The molecule has 1 aromatic carbocycles. The molecule has 3 nitrogen and oxygen atoms in total. The Hall–Kier alpha value is -1.56. The largest absolute Gasteiger partial charge is 0.389 e. The Morgan fingerprint density at radius 1 is 1.33 bits per heavy atom. The van der Waals surface area contributed by atoms with Crippen LogP contribution in [0.4, 0.5) is 13.2 Å². The zero-order chi connectivity index (χ0) is 15.5. The van der Waals surface area contributed by atoms with Gasteiger partial charge in [-0.2, -0.15) is 18.3 Å². The van der Waals surface area contributed by atoms with Crippen molar-refractivity contribution >= 4 is 10.9 Å². The SMILES string of the molecule is CCC(NCCCC(F)(F)F)c1cc2cn[nH]c2cc1C. The van der Waals surface area contributed by atoms with Crippen molar-refractivity contribution in [2.24, 2.45) is 0 Å². The normalized spacial score (nSPS) is 13.8. The molecule has 1 aromatic heterocycles. The van der Waals surface area contributed by atoms with E-state index in [1.54, 1.807) is 6.20 Å². The molecule has 0 aliphatic carbocycles. The zero-order valence-electron chi connectivity index (χ0n) is 12.2. The number of hydrogen-bond acceptors (Lipinski definition) is 2. The molecule has 1 atom stereocenters. The molecule has 0 spiro atoms. The first-order valence-electron chi connectivity index (χ1n) is 7.14. The Balaban J connectivity index is 2.03. The van der Waals surface area contributed by atoms with Gasteiger partial charge >= 0.3 is 6.18 Å². The quantitative estimate of drug-likeness (QED) is 0.783. The molecule has 0 saturated carbocycles. The minimum Gasteiger partial charge on any atom is -0.310 e. The number of halogens is 3. The first kappa shape index (κ1) is 15.8. The summed E-state index contributed by atoms with van der Waals surface area (Å²) in [6.07, 6.45) is -2.12. The fourth-order valence-corrected chi connectivity index (χ4v) is 2.53. The van der Waals surface area contributed by atoms with Crippen molar-refractivity contribution in [1.82, 2.24) is 15.5 Å². The van der Waals surface area contributed by atoms with Gasteiger partial charge < -0.3 is 5.32 Å². The number of hydrogen-bond donors (Lipinski definition) is 2. The van der Waals surface area contributed by atoms with Crippen LogP contribution in [0, 0.1) is 6.92 Å². The van der Waals surface area contributed by atoms with Gasteiger partial charge in [-0.3, -0.25) is 5.10 Å². The summed E-state index contributed by atoms with van der Waals surface area (Å²) in [7, 11) is 0. The van der Waals surface area contributed by atoms with Crippen LogP contribution in [-0.4, -0.2) is 22.9 Å². The molecule has 116 valence electrons. The second kappa shape index (κ2) is 6.47. The lowest BCUT2D eigenvalue weighted by Gasteiger charge is -2.20. The third kappa shape index (κ3) is 4.20. The minimum absolute atomic E-state index is 0.0672. The summed E-state index contributed by atoms with van der Waals surface area (Å²) in [5.74, 6) is 0. The predicted molar refractivity (Wildman–Crippen MR) is 77.2 cm³/mol. The summed E-state index contributed by atoms with van der Waals surface area (Å²) in [5, 5.41) is 11.2. The van der Waals surface area contributed by atoms with Crippen LogP contribution in [0.2, 0.25) is 0 Å². The average molecular weight is 299 g/mol. The number of aryl methyl sites for hydroxylation is 1. The van der Waals surface area contributed by atoms with Gasteiger partial charge in [-0.05, 0) is 49.6 Å². The van der Waals surface area contributed by atoms with E-state index in [0.717, 1.165) is 28.5 Å². The second-order valence-electron chi connectivity index (χ2n) is 5.30. The molecule has 21 heavy (non-hydrogen) atoms. The molecule has 6 heteroatoms. The van der Waals surface area contributed by atoms with Crippen LogP contribution < -0.4 is 5.32 Å². The van der Waals surface area contributed by atoms with Gasteiger partial charge in [0.05, 0.1) is 11.7 Å². The van der Waals surface area contributed by atoms with Gasteiger partial charge in [0, 0.05) is 17.8 Å². The fraction of sp³-hybridized carbons (Fsp3) is 0.533. The lowest BCUT2D eigenvalue weighted by molar-refractivity contribution is -0.135.